The molecular formula is C57H120FN3O4. The summed E-state index contributed by atoms with van der Waals surface area (Å²) >= 11 is 0. The topological polar surface area (TPSA) is 82.4 Å². The minimum Gasteiger partial charge on any atom is -0.465 e. The predicted octanol–water partition coefficient (Wildman–Crippen LogP) is 18.6. The van der Waals surface area contributed by atoms with E-state index >= 15 is 0 Å². The molecule has 2 atom stereocenters. The van der Waals surface area contributed by atoms with Gasteiger partial charge in [-0.05, 0) is 65.5 Å². The number of nitrogens with zero attached hydrogens (tertiary/aromatic N) is 2. The summed E-state index contributed by atoms with van der Waals surface area (Å²) in [6, 6.07) is 0. The monoisotopic (exact) mass is 930 g/mol. The number of nitrogens with one attached hydrogen (secondary N) is 1. The molecule has 8 heteroatoms. The molecule has 7 nitrogen and oxygen atoms in total. The van der Waals surface area contributed by atoms with Crippen molar-refractivity contribution in [1.82, 2.24) is 14.9 Å². The maximum absolute atomic E-state index is 12.1. The smallest absolute Gasteiger partial charge is 0.308 e. The van der Waals surface area contributed by atoms with E-state index in [0.717, 1.165) is 89.4 Å². The molecule has 1 aromatic heterocycles. The molecule has 0 spiro atoms. The molecule has 394 valence electrons. The van der Waals surface area contributed by atoms with Crippen molar-refractivity contribution in [3.8, 4) is 0 Å². The quantitative estimate of drug-likeness (QED) is 0.0548. The van der Waals surface area contributed by atoms with Crippen molar-refractivity contribution in [1.29, 1.82) is 0 Å². The standard InChI is InChI=1S/C19H38O2.C15H30O2.C7H16.C6H9FN2.C4H11N.2C3H8/c1-4-7-10-11-12-13-14-16-18(15-8-5-2)19(20)21-17-9-6-3;1-4-7-9-10-13-17-15(16)14(11-6-3)12-8-5-2;1-3-5-7-6-4-2;1-6-8-3-5-9(6)4-2-7;1-3-4-5-2;2*1-3-2/h18H,4-17H2,1-3H3;14H,4-13H2,1-3H3;3-7H2,1-2H3;3,5H,2,4H2,1H3;5H,3-4H2,1-2H3;2*3H2,1-2H3. The number of unbranched alkanes of at least 4 members (excludes halogenated alkanes) is 16. The average molecular weight is 931 g/mol. The Morgan fingerprint density at radius 1 is 0.523 bits per heavy atom. The van der Waals surface area contributed by atoms with Gasteiger partial charge in [-0.3, -0.25) is 9.59 Å². The highest BCUT2D eigenvalue weighted by Gasteiger charge is 2.19. The van der Waals surface area contributed by atoms with Gasteiger partial charge in [0.25, 0.3) is 0 Å². The predicted molar refractivity (Wildman–Crippen MR) is 288 cm³/mol. The van der Waals surface area contributed by atoms with Crippen LogP contribution in [0.4, 0.5) is 4.39 Å². The molecule has 0 aliphatic rings. The molecule has 0 radical (unpaired) electrons. The number of aromatic nitrogens is 2. The molecule has 65 heavy (non-hydrogen) atoms. The second-order valence-corrected chi connectivity index (χ2v) is 17.6. The van der Waals surface area contributed by atoms with Gasteiger partial charge in [0.1, 0.15) is 12.5 Å². The van der Waals surface area contributed by atoms with Crippen molar-refractivity contribution in [2.75, 3.05) is 33.5 Å². The highest BCUT2D eigenvalue weighted by Crippen LogP contribution is 2.20. The molecule has 0 fully saturated rings. The van der Waals surface area contributed by atoms with E-state index in [1.807, 2.05) is 14.0 Å². The summed E-state index contributed by atoms with van der Waals surface area (Å²) in [5.41, 5.74) is 0. The van der Waals surface area contributed by atoms with Crippen LogP contribution in [0.15, 0.2) is 12.4 Å². The zero-order valence-electron chi connectivity index (χ0n) is 47.0. The molecule has 0 saturated heterocycles. The molecule has 0 saturated carbocycles. The van der Waals surface area contributed by atoms with Gasteiger partial charge >= 0.3 is 11.9 Å². The van der Waals surface area contributed by atoms with Gasteiger partial charge in [-0.1, -0.05) is 238 Å². The van der Waals surface area contributed by atoms with Gasteiger partial charge in [-0.15, -0.1) is 0 Å². The molecular weight excluding hydrogens is 810 g/mol. The Balaban J connectivity index is -0.000000175. The van der Waals surface area contributed by atoms with Crippen LogP contribution in [0.3, 0.4) is 0 Å². The fourth-order valence-corrected chi connectivity index (χ4v) is 6.27. The number of hydrogen-bond acceptors (Lipinski definition) is 6. The fraction of sp³-hybridized carbons (Fsp3) is 0.912. The van der Waals surface area contributed by atoms with Gasteiger partial charge in [0.2, 0.25) is 0 Å². The maximum Gasteiger partial charge on any atom is 0.308 e. The van der Waals surface area contributed by atoms with Crippen molar-refractivity contribution in [2.24, 2.45) is 11.8 Å². The highest BCUT2D eigenvalue weighted by atomic mass is 19.1. The first-order valence-electron chi connectivity index (χ1n) is 28.0. The average Bonchev–Trinajstić information content (AvgIpc) is 3.71. The first kappa shape index (κ1) is 74.6. The second-order valence-electron chi connectivity index (χ2n) is 17.6. The van der Waals surface area contributed by atoms with Gasteiger partial charge in [-0.2, -0.15) is 0 Å². The van der Waals surface area contributed by atoms with Crippen LogP contribution in [0, 0.1) is 18.8 Å². The van der Waals surface area contributed by atoms with Gasteiger partial charge in [0.15, 0.2) is 0 Å². The fourth-order valence-electron chi connectivity index (χ4n) is 6.27. The number of imidazole rings is 1. The number of ether oxygens (including phenoxy) is 2. The van der Waals surface area contributed by atoms with E-state index in [-0.39, 0.29) is 30.4 Å². The summed E-state index contributed by atoms with van der Waals surface area (Å²) in [6.45, 7) is 32.5. The van der Waals surface area contributed by atoms with E-state index in [1.165, 1.54) is 116 Å². The lowest BCUT2D eigenvalue weighted by molar-refractivity contribution is -0.150. The summed E-state index contributed by atoms with van der Waals surface area (Å²) in [5.74, 6) is 1.26. The van der Waals surface area contributed by atoms with Gasteiger partial charge in [0, 0.05) is 12.4 Å². The lowest BCUT2D eigenvalue weighted by atomic mass is 9.95. The molecule has 0 bridgehead atoms. The van der Waals surface area contributed by atoms with E-state index in [2.05, 4.69) is 100 Å². The van der Waals surface area contributed by atoms with Crippen molar-refractivity contribution in [3.63, 3.8) is 0 Å². The minimum atomic E-state index is -0.322. The zero-order valence-corrected chi connectivity index (χ0v) is 47.0. The summed E-state index contributed by atoms with van der Waals surface area (Å²) in [7, 11) is 1.96. The van der Waals surface area contributed by atoms with E-state index in [0.29, 0.717) is 19.8 Å². The number of rotatable bonds is 34. The minimum absolute atomic E-state index is 0.0387. The Bertz CT molecular complexity index is 952. The number of halogens is 1. The Labute approximate surface area is 408 Å². The van der Waals surface area contributed by atoms with Crippen LogP contribution >= 0.6 is 0 Å². The third-order valence-corrected chi connectivity index (χ3v) is 10.2. The van der Waals surface area contributed by atoms with Crippen molar-refractivity contribution in [3.05, 3.63) is 18.2 Å². The normalized spacial score (nSPS) is 10.8. The Hall–Kier alpha value is -1.96. The first-order chi connectivity index (χ1) is 31.5. The molecule has 1 N–H and O–H groups in total. The molecule has 1 rings (SSSR count). The number of hydrogen-bond donors (Lipinski definition) is 1. The summed E-state index contributed by atoms with van der Waals surface area (Å²) in [4.78, 5) is 27.9. The van der Waals surface area contributed by atoms with Crippen molar-refractivity contribution in [2.45, 2.75) is 296 Å². The van der Waals surface area contributed by atoms with Gasteiger partial charge in [0.05, 0.1) is 31.6 Å². The Kier molecular flexibility index (Phi) is 81.5. The molecule has 1 heterocycles. The summed E-state index contributed by atoms with van der Waals surface area (Å²) in [5, 5.41) is 3.02. The first-order valence-corrected chi connectivity index (χ1v) is 28.0. The van der Waals surface area contributed by atoms with Crippen LogP contribution in [0.25, 0.3) is 0 Å². The molecule has 0 aliphatic heterocycles. The van der Waals surface area contributed by atoms with E-state index in [4.69, 9.17) is 9.47 Å². The van der Waals surface area contributed by atoms with Crippen LogP contribution in [-0.4, -0.2) is 55.0 Å². The number of alkyl halides is 1. The van der Waals surface area contributed by atoms with Crippen LogP contribution < -0.4 is 5.32 Å². The maximum atomic E-state index is 12.1. The molecule has 0 aromatic carbocycles. The van der Waals surface area contributed by atoms with Gasteiger partial charge in [-0.25, -0.2) is 9.37 Å². The third-order valence-electron chi connectivity index (χ3n) is 10.2. The number of esters is 2. The SMILES string of the molecule is CCC.CCC.CCCCCCC.CCCCCCCCCC(CCCC)C(=O)OCCCC.CCCCCCOC(=O)C(CCC)CCCC.CCCNC.Cc1nccn1CCF. The van der Waals surface area contributed by atoms with Crippen LogP contribution in [0.1, 0.15) is 288 Å². The number of carbonyl (C=O) groups excluding carboxylic acids is 2. The zero-order chi connectivity index (χ0) is 50.5. The molecule has 2 unspecified atom stereocenters. The van der Waals surface area contributed by atoms with Crippen LogP contribution in [0.2, 0.25) is 0 Å². The van der Waals surface area contributed by atoms with E-state index < -0.39 is 0 Å². The largest absolute Gasteiger partial charge is 0.465 e. The van der Waals surface area contributed by atoms with Gasteiger partial charge < -0.3 is 19.4 Å². The van der Waals surface area contributed by atoms with Crippen LogP contribution in [0.5, 0.6) is 0 Å². The Morgan fingerprint density at radius 3 is 1.25 bits per heavy atom. The molecule has 1 aromatic rings. The molecule has 0 aliphatic carbocycles. The second kappa shape index (κ2) is 71.0. The van der Waals surface area contributed by atoms with Crippen LogP contribution in [-0.2, 0) is 25.6 Å². The highest BCUT2D eigenvalue weighted by molar-refractivity contribution is 5.72. The summed E-state index contributed by atoms with van der Waals surface area (Å²) in [6.07, 6.45) is 39.8. The van der Waals surface area contributed by atoms with E-state index in [1.54, 1.807) is 17.0 Å². The lowest BCUT2D eigenvalue weighted by Gasteiger charge is -2.15. The third kappa shape index (κ3) is 68.7. The van der Waals surface area contributed by atoms with Crippen molar-refractivity contribution >= 4 is 11.9 Å². The Morgan fingerprint density at radius 2 is 0.892 bits per heavy atom. The summed E-state index contributed by atoms with van der Waals surface area (Å²) < 4.78 is 24.2. The number of carbonyl (C=O) groups is 2. The van der Waals surface area contributed by atoms with E-state index in [9.17, 15) is 14.0 Å². The molecule has 0 amide bonds. The lowest BCUT2D eigenvalue weighted by Crippen LogP contribution is -2.18. The number of aryl methyl sites for hydroxylation is 2. The van der Waals surface area contributed by atoms with Crippen molar-refractivity contribution < 1.29 is 23.5 Å².